The number of para-hydroxylation sites is 1. The quantitative estimate of drug-likeness (QED) is 0.596. The van der Waals surface area contributed by atoms with Gasteiger partial charge in [-0.15, -0.1) is 0 Å². The van der Waals surface area contributed by atoms with Crippen molar-refractivity contribution in [2.75, 3.05) is 6.61 Å². The summed E-state index contributed by atoms with van der Waals surface area (Å²) >= 11 is 0. The highest BCUT2D eigenvalue weighted by Gasteiger charge is 2.03. The maximum Gasteiger partial charge on any atom is 0.185 e. The van der Waals surface area contributed by atoms with Crippen molar-refractivity contribution < 1.29 is 9.53 Å². The van der Waals surface area contributed by atoms with Gasteiger partial charge >= 0.3 is 0 Å². The topological polar surface area (TPSA) is 26.3 Å². The molecule has 0 heterocycles. The minimum absolute atomic E-state index is 0.00000142. The maximum absolute atomic E-state index is 12.1. The van der Waals surface area contributed by atoms with Crippen LogP contribution in [-0.4, -0.2) is 12.4 Å². The van der Waals surface area contributed by atoms with Gasteiger partial charge < -0.3 is 4.74 Å². The molecule has 2 nitrogen and oxygen atoms in total. The minimum atomic E-state index is 0.00000142. The van der Waals surface area contributed by atoms with Crippen LogP contribution < -0.4 is 4.74 Å². The van der Waals surface area contributed by atoms with Crippen molar-refractivity contribution in [2.45, 2.75) is 13.8 Å². The number of ether oxygens (including phenoxy) is 1. The zero-order chi connectivity index (χ0) is 14.4. The molecule has 0 unspecified atom stereocenters. The normalized spacial score (nSPS) is 10.7. The van der Waals surface area contributed by atoms with E-state index in [4.69, 9.17) is 4.74 Å². The van der Waals surface area contributed by atoms with Gasteiger partial charge in [-0.2, -0.15) is 0 Å². The molecule has 0 N–H and O–H groups in total. The van der Waals surface area contributed by atoms with Gasteiger partial charge in [0.2, 0.25) is 0 Å². The van der Waals surface area contributed by atoms with Crippen molar-refractivity contribution in [1.29, 1.82) is 0 Å². The molecular weight excluding hydrogens is 248 g/mol. The van der Waals surface area contributed by atoms with E-state index in [9.17, 15) is 4.79 Å². The molecule has 0 aliphatic carbocycles. The number of aryl methyl sites for hydroxylation is 1. The highest BCUT2D eigenvalue weighted by Crippen LogP contribution is 2.19. The summed E-state index contributed by atoms with van der Waals surface area (Å²) in [5, 5.41) is 0. The molecule has 0 saturated heterocycles. The molecule has 0 fully saturated rings. The standard InChI is InChI=1S/C18H18O2/c1-3-20-18-10-5-4-8-15(18)11-12-17(19)16-9-6-7-14(2)13-16/h4-13H,3H2,1-2H3. The fourth-order valence-corrected chi connectivity index (χ4v) is 1.97. The second kappa shape index (κ2) is 6.71. The number of hydrogen-bond acceptors (Lipinski definition) is 2. The molecule has 102 valence electrons. The summed E-state index contributed by atoms with van der Waals surface area (Å²) in [6.45, 7) is 4.53. The van der Waals surface area contributed by atoms with Crippen molar-refractivity contribution >= 4 is 11.9 Å². The van der Waals surface area contributed by atoms with Crippen LogP contribution in [0, 0.1) is 6.92 Å². The van der Waals surface area contributed by atoms with Crippen molar-refractivity contribution in [1.82, 2.24) is 0 Å². The molecule has 0 radical (unpaired) electrons. The largest absolute Gasteiger partial charge is 0.493 e. The van der Waals surface area contributed by atoms with Gasteiger partial charge in [-0.1, -0.05) is 42.0 Å². The van der Waals surface area contributed by atoms with Gasteiger partial charge in [-0.3, -0.25) is 4.79 Å². The molecule has 2 rings (SSSR count). The molecule has 0 spiro atoms. The van der Waals surface area contributed by atoms with Crippen LogP contribution in [0.15, 0.2) is 54.6 Å². The SMILES string of the molecule is CCOc1ccccc1C=CC(=O)c1cccc(C)c1. The number of benzene rings is 2. The number of carbonyl (C=O) groups excluding carboxylic acids is 1. The number of carbonyl (C=O) groups is 1. The predicted molar refractivity (Wildman–Crippen MR) is 82.2 cm³/mol. The lowest BCUT2D eigenvalue weighted by Gasteiger charge is -2.06. The van der Waals surface area contributed by atoms with E-state index in [0.717, 1.165) is 16.9 Å². The predicted octanol–water partition coefficient (Wildman–Crippen LogP) is 4.29. The molecule has 0 aliphatic heterocycles. The smallest absolute Gasteiger partial charge is 0.185 e. The van der Waals surface area contributed by atoms with Crippen molar-refractivity contribution in [3.63, 3.8) is 0 Å². The van der Waals surface area contributed by atoms with Crippen LogP contribution in [0.25, 0.3) is 6.08 Å². The molecular formula is C18H18O2. The Morgan fingerprint density at radius 3 is 2.70 bits per heavy atom. The first-order chi connectivity index (χ1) is 9.70. The van der Waals surface area contributed by atoms with Crippen LogP contribution in [0.1, 0.15) is 28.4 Å². The van der Waals surface area contributed by atoms with Gasteiger partial charge in [-0.25, -0.2) is 0 Å². The van der Waals surface area contributed by atoms with E-state index in [1.54, 1.807) is 12.2 Å². The van der Waals surface area contributed by atoms with Gasteiger partial charge in [0.25, 0.3) is 0 Å². The summed E-state index contributed by atoms with van der Waals surface area (Å²) in [6.07, 6.45) is 3.39. The van der Waals surface area contributed by atoms with Crippen molar-refractivity contribution in [2.24, 2.45) is 0 Å². The van der Waals surface area contributed by atoms with Crippen LogP contribution in [0.2, 0.25) is 0 Å². The van der Waals surface area contributed by atoms with Crippen LogP contribution in [0.5, 0.6) is 5.75 Å². The first-order valence-corrected chi connectivity index (χ1v) is 6.71. The second-order valence-electron chi connectivity index (χ2n) is 4.54. The molecule has 2 aromatic carbocycles. The van der Waals surface area contributed by atoms with Crippen LogP contribution in [-0.2, 0) is 0 Å². The third kappa shape index (κ3) is 3.58. The average molecular weight is 266 g/mol. The van der Waals surface area contributed by atoms with Crippen LogP contribution in [0.3, 0.4) is 0 Å². The van der Waals surface area contributed by atoms with E-state index in [-0.39, 0.29) is 5.78 Å². The third-order valence-electron chi connectivity index (χ3n) is 2.94. The zero-order valence-electron chi connectivity index (χ0n) is 11.8. The van der Waals surface area contributed by atoms with Gasteiger partial charge in [0.15, 0.2) is 5.78 Å². The van der Waals surface area contributed by atoms with E-state index in [2.05, 4.69) is 0 Å². The van der Waals surface area contributed by atoms with E-state index in [1.807, 2.05) is 62.4 Å². The summed E-state index contributed by atoms with van der Waals surface area (Å²) in [5.41, 5.74) is 2.70. The molecule has 0 saturated carbocycles. The van der Waals surface area contributed by atoms with E-state index in [1.165, 1.54) is 0 Å². The van der Waals surface area contributed by atoms with Gasteiger partial charge in [0.05, 0.1) is 6.61 Å². The summed E-state index contributed by atoms with van der Waals surface area (Å²) in [6, 6.07) is 15.3. The summed E-state index contributed by atoms with van der Waals surface area (Å²) < 4.78 is 5.53. The van der Waals surface area contributed by atoms with Gasteiger partial charge in [-0.05, 0) is 38.1 Å². The maximum atomic E-state index is 12.1. The molecule has 20 heavy (non-hydrogen) atoms. The first-order valence-electron chi connectivity index (χ1n) is 6.71. The lowest BCUT2D eigenvalue weighted by Crippen LogP contribution is -1.96. The fourth-order valence-electron chi connectivity index (χ4n) is 1.97. The monoisotopic (exact) mass is 266 g/mol. The summed E-state index contributed by atoms with van der Waals surface area (Å²) in [5.74, 6) is 0.795. The second-order valence-corrected chi connectivity index (χ2v) is 4.54. The molecule has 0 aromatic heterocycles. The average Bonchev–Trinajstić information content (AvgIpc) is 2.46. The lowest BCUT2D eigenvalue weighted by molar-refractivity contribution is 0.104. The Bertz CT molecular complexity index is 627. The Labute approximate surface area is 119 Å². The minimum Gasteiger partial charge on any atom is -0.493 e. The molecule has 0 aliphatic rings. The van der Waals surface area contributed by atoms with E-state index in [0.29, 0.717) is 12.2 Å². The Balaban J connectivity index is 2.19. The van der Waals surface area contributed by atoms with E-state index >= 15 is 0 Å². The molecule has 0 atom stereocenters. The number of ketones is 1. The Morgan fingerprint density at radius 1 is 1.15 bits per heavy atom. The highest BCUT2D eigenvalue weighted by molar-refractivity contribution is 6.07. The van der Waals surface area contributed by atoms with Gasteiger partial charge in [0, 0.05) is 11.1 Å². The lowest BCUT2D eigenvalue weighted by atomic mass is 10.1. The molecule has 2 aromatic rings. The fraction of sp³-hybridized carbons (Fsp3) is 0.167. The number of hydrogen-bond donors (Lipinski definition) is 0. The Morgan fingerprint density at radius 2 is 1.95 bits per heavy atom. The number of allylic oxidation sites excluding steroid dienone is 1. The summed E-state index contributed by atoms with van der Waals surface area (Å²) in [4.78, 5) is 12.1. The van der Waals surface area contributed by atoms with Crippen molar-refractivity contribution in [3.05, 3.63) is 71.3 Å². The van der Waals surface area contributed by atoms with Gasteiger partial charge in [0.1, 0.15) is 5.75 Å². The zero-order valence-corrected chi connectivity index (χ0v) is 11.8. The Kier molecular flexibility index (Phi) is 4.72. The summed E-state index contributed by atoms with van der Waals surface area (Å²) in [7, 11) is 0. The van der Waals surface area contributed by atoms with Crippen LogP contribution >= 0.6 is 0 Å². The Hall–Kier alpha value is -2.35. The molecule has 0 amide bonds. The van der Waals surface area contributed by atoms with Crippen LogP contribution in [0.4, 0.5) is 0 Å². The molecule has 2 heteroatoms. The number of rotatable bonds is 5. The third-order valence-corrected chi connectivity index (χ3v) is 2.94. The molecule has 0 bridgehead atoms. The van der Waals surface area contributed by atoms with E-state index < -0.39 is 0 Å². The highest BCUT2D eigenvalue weighted by atomic mass is 16.5. The first kappa shape index (κ1) is 14.1. The van der Waals surface area contributed by atoms with Crippen molar-refractivity contribution in [3.8, 4) is 5.75 Å².